The zero-order valence-corrected chi connectivity index (χ0v) is 31.9. The molecular weight excluding hydrogens is 591 g/mol. The molecule has 0 amide bonds. The summed E-state index contributed by atoms with van der Waals surface area (Å²) in [7, 11) is 1.93. The standard InChI is InChI=1S/C40H75NO2S2/c1-4-6-8-10-12-14-16-18-20-22-24-26-28-30-32-34-39(42)44-37-38(36-41-3)45-40(43)35-33-31-29-27-25-23-21-19-17-15-13-11-9-7-5-2/h18-21,38,41H,4-17,22-37H2,1-3H3/b20-18-,21-19-. The van der Waals surface area contributed by atoms with Crippen LogP contribution in [0.3, 0.4) is 0 Å². The summed E-state index contributed by atoms with van der Waals surface area (Å²) in [5, 5.41) is 3.97. The summed E-state index contributed by atoms with van der Waals surface area (Å²) in [6.07, 6.45) is 44.0. The fraction of sp³-hybridized carbons (Fsp3) is 0.850. The third-order valence-corrected chi connectivity index (χ3v) is 10.9. The number of carbonyl (C=O) groups is 2. The van der Waals surface area contributed by atoms with Gasteiger partial charge in [0.15, 0.2) is 10.2 Å². The second-order valence-corrected chi connectivity index (χ2v) is 15.5. The summed E-state index contributed by atoms with van der Waals surface area (Å²) >= 11 is 2.89. The first-order valence-electron chi connectivity index (χ1n) is 19.4. The Morgan fingerprint density at radius 2 is 0.867 bits per heavy atom. The highest BCUT2D eigenvalue weighted by atomic mass is 32.2. The maximum absolute atomic E-state index is 12.6. The summed E-state index contributed by atoms with van der Waals surface area (Å²) < 4.78 is 0. The molecule has 0 saturated heterocycles. The highest BCUT2D eigenvalue weighted by Crippen LogP contribution is 2.22. The Hall–Kier alpha value is -0.520. The van der Waals surface area contributed by atoms with Crippen molar-refractivity contribution < 1.29 is 9.59 Å². The Morgan fingerprint density at radius 1 is 0.511 bits per heavy atom. The molecule has 3 nitrogen and oxygen atoms in total. The first-order valence-corrected chi connectivity index (χ1v) is 21.3. The van der Waals surface area contributed by atoms with Crippen LogP contribution in [0.25, 0.3) is 0 Å². The number of allylic oxidation sites excluding steroid dienone is 4. The summed E-state index contributed by atoms with van der Waals surface area (Å²) in [6.45, 7) is 5.32. The van der Waals surface area contributed by atoms with Gasteiger partial charge in [0.05, 0.1) is 0 Å². The van der Waals surface area contributed by atoms with E-state index in [0.29, 0.717) is 18.0 Å². The topological polar surface area (TPSA) is 46.2 Å². The van der Waals surface area contributed by atoms with E-state index in [1.54, 1.807) is 0 Å². The molecular formula is C40H75NO2S2. The Morgan fingerprint density at radius 3 is 1.27 bits per heavy atom. The molecule has 0 spiro atoms. The van der Waals surface area contributed by atoms with Crippen LogP contribution in [-0.2, 0) is 9.59 Å². The van der Waals surface area contributed by atoms with Gasteiger partial charge in [-0.05, 0) is 71.3 Å². The molecule has 1 unspecified atom stereocenters. The molecule has 0 fully saturated rings. The van der Waals surface area contributed by atoms with Crippen molar-refractivity contribution in [3.8, 4) is 0 Å². The van der Waals surface area contributed by atoms with Gasteiger partial charge >= 0.3 is 0 Å². The molecule has 1 N–H and O–H groups in total. The lowest BCUT2D eigenvalue weighted by Crippen LogP contribution is -2.25. The monoisotopic (exact) mass is 666 g/mol. The predicted molar refractivity (Wildman–Crippen MR) is 207 cm³/mol. The molecule has 0 aliphatic carbocycles. The van der Waals surface area contributed by atoms with Gasteiger partial charge in [-0.15, -0.1) is 0 Å². The number of carbonyl (C=O) groups excluding carboxylic acids is 2. The van der Waals surface area contributed by atoms with Crippen molar-refractivity contribution in [1.29, 1.82) is 0 Å². The molecule has 0 aliphatic rings. The van der Waals surface area contributed by atoms with E-state index in [0.717, 1.165) is 38.0 Å². The molecule has 1 atom stereocenters. The number of hydrogen-bond donors (Lipinski definition) is 1. The molecule has 0 aromatic rings. The summed E-state index contributed by atoms with van der Waals surface area (Å²) in [4.78, 5) is 25.0. The van der Waals surface area contributed by atoms with Crippen LogP contribution in [0.2, 0.25) is 0 Å². The van der Waals surface area contributed by atoms with Crippen LogP contribution in [0.5, 0.6) is 0 Å². The number of unbranched alkanes of at least 4 members (excludes halogenated alkanes) is 22. The first kappa shape index (κ1) is 44.5. The number of rotatable bonds is 35. The van der Waals surface area contributed by atoms with Crippen molar-refractivity contribution in [2.24, 2.45) is 0 Å². The Balaban J connectivity index is 3.68. The Labute approximate surface area is 290 Å². The molecule has 264 valence electrons. The van der Waals surface area contributed by atoms with Gasteiger partial charge in [-0.2, -0.15) is 0 Å². The van der Waals surface area contributed by atoms with Crippen molar-refractivity contribution in [2.75, 3.05) is 19.3 Å². The maximum atomic E-state index is 12.6. The van der Waals surface area contributed by atoms with Crippen molar-refractivity contribution in [1.82, 2.24) is 5.32 Å². The van der Waals surface area contributed by atoms with Crippen LogP contribution in [0.4, 0.5) is 0 Å². The molecule has 0 heterocycles. The predicted octanol–water partition coefficient (Wildman–Crippen LogP) is 13.2. The Kier molecular flexibility index (Phi) is 37.5. The fourth-order valence-corrected chi connectivity index (χ4v) is 7.68. The lowest BCUT2D eigenvalue weighted by Gasteiger charge is -2.14. The number of nitrogens with one attached hydrogen (secondary N) is 1. The molecule has 45 heavy (non-hydrogen) atoms. The molecule has 0 aliphatic heterocycles. The van der Waals surface area contributed by atoms with Gasteiger partial charge in [-0.25, -0.2) is 0 Å². The van der Waals surface area contributed by atoms with E-state index in [2.05, 4.69) is 43.5 Å². The van der Waals surface area contributed by atoms with Crippen LogP contribution in [0.1, 0.15) is 194 Å². The molecule has 0 radical (unpaired) electrons. The van der Waals surface area contributed by atoms with Crippen LogP contribution >= 0.6 is 23.5 Å². The second-order valence-electron chi connectivity index (χ2n) is 13.0. The summed E-state index contributed by atoms with van der Waals surface area (Å²) in [5.41, 5.74) is 0. The van der Waals surface area contributed by atoms with E-state index >= 15 is 0 Å². The van der Waals surface area contributed by atoms with E-state index < -0.39 is 0 Å². The SMILES string of the molecule is CCCCCCCC/C=C\CCCCCCCC(=O)SCC(CNC)SC(=O)CCCCCCC/C=C\CCCCCCCC. The molecule has 5 heteroatoms. The van der Waals surface area contributed by atoms with Gasteiger partial charge in [0.1, 0.15) is 0 Å². The normalized spacial score (nSPS) is 12.5. The van der Waals surface area contributed by atoms with Gasteiger partial charge in [0.25, 0.3) is 0 Å². The second kappa shape index (κ2) is 37.9. The van der Waals surface area contributed by atoms with Crippen molar-refractivity contribution in [3.05, 3.63) is 24.3 Å². The smallest absolute Gasteiger partial charge is 0.189 e. The summed E-state index contributed by atoms with van der Waals surface area (Å²) in [6, 6.07) is 0. The number of hydrogen-bond acceptors (Lipinski definition) is 5. The van der Waals surface area contributed by atoms with Gasteiger partial charge < -0.3 is 5.32 Å². The van der Waals surface area contributed by atoms with E-state index in [9.17, 15) is 9.59 Å². The van der Waals surface area contributed by atoms with Gasteiger partial charge in [0.2, 0.25) is 0 Å². The van der Waals surface area contributed by atoms with E-state index in [1.807, 2.05) is 7.05 Å². The zero-order chi connectivity index (χ0) is 32.9. The Bertz CT molecular complexity index is 694. The van der Waals surface area contributed by atoms with E-state index in [-0.39, 0.29) is 10.4 Å². The van der Waals surface area contributed by atoms with Crippen LogP contribution in [0, 0.1) is 0 Å². The first-order chi connectivity index (χ1) is 22.1. The quantitative estimate of drug-likeness (QED) is 0.0539. The van der Waals surface area contributed by atoms with E-state index in [1.165, 1.54) is 165 Å². The largest absolute Gasteiger partial charge is 0.319 e. The third-order valence-electron chi connectivity index (χ3n) is 8.45. The zero-order valence-electron chi connectivity index (χ0n) is 30.2. The minimum Gasteiger partial charge on any atom is -0.319 e. The minimum absolute atomic E-state index is 0.175. The minimum atomic E-state index is 0.175. The van der Waals surface area contributed by atoms with Crippen LogP contribution in [0.15, 0.2) is 24.3 Å². The van der Waals surface area contributed by atoms with Crippen LogP contribution in [-0.4, -0.2) is 34.8 Å². The molecule has 0 aromatic carbocycles. The maximum Gasteiger partial charge on any atom is 0.189 e. The molecule has 0 saturated carbocycles. The lowest BCUT2D eigenvalue weighted by atomic mass is 10.1. The summed E-state index contributed by atoms with van der Waals surface area (Å²) in [5.74, 6) is 0.730. The highest BCUT2D eigenvalue weighted by molar-refractivity contribution is 8.17. The highest BCUT2D eigenvalue weighted by Gasteiger charge is 2.16. The average Bonchev–Trinajstić information content (AvgIpc) is 3.03. The molecule has 0 bridgehead atoms. The number of thioether (sulfide) groups is 2. The molecule has 0 aromatic heterocycles. The van der Waals surface area contributed by atoms with Gasteiger partial charge in [-0.1, -0.05) is 164 Å². The third kappa shape index (κ3) is 36.2. The fourth-order valence-electron chi connectivity index (χ4n) is 5.55. The van der Waals surface area contributed by atoms with Crippen molar-refractivity contribution in [3.63, 3.8) is 0 Å². The van der Waals surface area contributed by atoms with Gasteiger partial charge in [-0.3, -0.25) is 9.59 Å². The van der Waals surface area contributed by atoms with Crippen molar-refractivity contribution >= 4 is 33.8 Å². The van der Waals surface area contributed by atoms with Gasteiger partial charge in [0, 0.05) is 30.4 Å². The average molecular weight is 666 g/mol. The molecule has 0 rings (SSSR count). The van der Waals surface area contributed by atoms with Crippen LogP contribution < -0.4 is 5.32 Å². The van der Waals surface area contributed by atoms with Crippen molar-refractivity contribution in [2.45, 2.75) is 199 Å². The lowest BCUT2D eigenvalue weighted by molar-refractivity contribution is -0.111. The van der Waals surface area contributed by atoms with E-state index in [4.69, 9.17) is 0 Å².